The molecule has 0 atom stereocenters. The van der Waals surface area contributed by atoms with E-state index in [4.69, 9.17) is 0 Å². The summed E-state index contributed by atoms with van der Waals surface area (Å²) in [6, 6.07) is 16.3. The van der Waals surface area contributed by atoms with Crippen LogP contribution in [0.2, 0.25) is 0 Å². The highest BCUT2D eigenvalue weighted by Crippen LogP contribution is 2.24. The summed E-state index contributed by atoms with van der Waals surface area (Å²) in [4.78, 5) is 13.1. The molecule has 0 spiro atoms. The molecule has 3 heteroatoms. The first kappa shape index (κ1) is 16.6. The Kier molecular flexibility index (Phi) is 5.30. The molecule has 0 aliphatic heterocycles. The summed E-state index contributed by atoms with van der Waals surface area (Å²) in [6.45, 7) is 8.60. The third-order valence-corrected chi connectivity index (χ3v) is 4.44. The SMILES string of the molecule is Cc1ccc(SCC(=O)Nc2ccc(C(C)(C)C)cc2)cc1. The summed E-state index contributed by atoms with van der Waals surface area (Å²) in [7, 11) is 0. The van der Waals surface area contributed by atoms with Gasteiger partial charge in [0, 0.05) is 10.6 Å². The van der Waals surface area contributed by atoms with E-state index in [-0.39, 0.29) is 11.3 Å². The van der Waals surface area contributed by atoms with Crippen molar-refractivity contribution >= 4 is 23.4 Å². The molecule has 0 aromatic heterocycles. The van der Waals surface area contributed by atoms with Gasteiger partial charge in [0.05, 0.1) is 5.75 Å². The molecule has 0 bridgehead atoms. The van der Waals surface area contributed by atoms with Crippen LogP contribution >= 0.6 is 11.8 Å². The van der Waals surface area contributed by atoms with Crippen molar-refractivity contribution < 1.29 is 4.79 Å². The molecular weight excluding hydrogens is 290 g/mol. The Morgan fingerprint density at radius 1 is 1.00 bits per heavy atom. The molecule has 0 radical (unpaired) electrons. The lowest BCUT2D eigenvalue weighted by atomic mass is 9.87. The number of benzene rings is 2. The van der Waals surface area contributed by atoms with E-state index in [0.29, 0.717) is 5.75 Å². The van der Waals surface area contributed by atoms with Gasteiger partial charge in [-0.2, -0.15) is 0 Å². The van der Waals surface area contributed by atoms with E-state index in [2.05, 4.69) is 57.3 Å². The number of hydrogen-bond acceptors (Lipinski definition) is 2. The second-order valence-electron chi connectivity index (χ2n) is 6.48. The van der Waals surface area contributed by atoms with Gasteiger partial charge in [-0.3, -0.25) is 4.79 Å². The number of aryl methyl sites for hydroxylation is 1. The Labute approximate surface area is 137 Å². The van der Waals surface area contributed by atoms with Crippen molar-refractivity contribution in [3.05, 3.63) is 59.7 Å². The van der Waals surface area contributed by atoms with Gasteiger partial charge in [0.25, 0.3) is 0 Å². The first-order valence-corrected chi connectivity index (χ1v) is 8.43. The number of amides is 1. The smallest absolute Gasteiger partial charge is 0.234 e. The molecule has 1 N–H and O–H groups in total. The van der Waals surface area contributed by atoms with Crippen molar-refractivity contribution in [2.24, 2.45) is 0 Å². The van der Waals surface area contributed by atoms with E-state index < -0.39 is 0 Å². The van der Waals surface area contributed by atoms with Crippen LogP contribution in [0.5, 0.6) is 0 Å². The Morgan fingerprint density at radius 2 is 1.59 bits per heavy atom. The molecule has 0 aliphatic rings. The van der Waals surface area contributed by atoms with E-state index in [1.165, 1.54) is 11.1 Å². The van der Waals surface area contributed by atoms with Crippen LogP contribution in [0.4, 0.5) is 5.69 Å². The lowest BCUT2D eigenvalue weighted by molar-refractivity contribution is -0.113. The number of carbonyl (C=O) groups is 1. The largest absolute Gasteiger partial charge is 0.325 e. The van der Waals surface area contributed by atoms with Crippen molar-refractivity contribution in [2.75, 3.05) is 11.1 Å². The predicted molar refractivity (Wildman–Crippen MR) is 95.7 cm³/mol. The highest BCUT2D eigenvalue weighted by molar-refractivity contribution is 8.00. The average molecular weight is 313 g/mol. The Balaban J connectivity index is 1.88. The minimum absolute atomic E-state index is 0.0223. The number of anilines is 1. The zero-order valence-corrected chi connectivity index (χ0v) is 14.5. The molecule has 2 aromatic carbocycles. The molecular formula is C19H23NOS. The van der Waals surface area contributed by atoms with E-state index in [0.717, 1.165) is 10.6 Å². The number of hydrogen-bond donors (Lipinski definition) is 1. The molecule has 22 heavy (non-hydrogen) atoms. The van der Waals surface area contributed by atoms with Crippen molar-refractivity contribution in [3.63, 3.8) is 0 Å². The van der Waals surface area contributed by atoms with Crippen molar-refractivity contribution in [1.82, 2.24) is 0 Å². The van der Waals surface area contributed by atoms with E-state index >= 15 is 0 Å². The fraction of sp³-hybridized carbons (Fsp3) is 0.316. The van der Waals surface area contributed by atoms with Crippen LogP contribution in [-0.2, 0) is 10.2 Å². The van der Waals surface area contributed by atoms with Crippen LogP contribution in [0.15, 0.2) is 53.4 Å². The quantitative estimate of drug-likeness (QED) is 0.803. The summed E-state index contributed by atoms with van der Waals surface area (Å²) in [5, 5.41) is 2.94. The second kappa shape index (κ2) is 7.01. The average Bonchev–Trinajstić information content (AvgIpc) is 2.46. The highest BCUT2D eigenvalue weighted by atomic mass is 32.2. The van der Waals surface area contributed by atoms with E-state index in [1.807, 2.05) is 24.3 Å². The Bertz CT molecular complexity index is 624. The predicted octanol–water partition coefficient (Wildman–Crippen LogP) is 5.02. The molecule has 1 amide bonds. The molecule has 2 rings (SSSR count). The topological polar surface area (TPSA) is 29.1 Å². The van der Waals surface area contributed by atoms with Gasteiger partial charge < -0.3 is 5.32 Å². The molecule has 0 fully saturated rings. The van der Waals surface area contributed by atoms with Crippen molar-refractivity contribution in [2.45, 2.75) is 38.0 Å². The third kappa shape index (κ3) is 4.92. The lowest BCUT2D eigenvalue weighted by Gasteiger charge is -2.19. The van der Waals surface area contributed by atoms with Crippen LogP contribution in [0.3, 0.4) is 0 Å². The maximum atomic E-state index is 12.0. The molecule has 0 saturated heterocycles. The molecule has 0 unspecified atom stereocenters. The van der Waals surface area contributed by atoms with Crippen LogP contribution in [0, 0.1) is 6.92 Å². The minimum atomic E-state index is 0.0223. The van der Waals surface area contributed by atoms with Crippen LogP contribution in [0.1, 0.15) is 31.9 Å². The number of nitrogens with one attached hydrogen (secondary N) is 1. The molecule has 2 aromatic rings. The number of carbonyl (C=O) groups excluding carboxylic acids is 1. The molecule has 2 nitrogen and oxygen atoms in total. The fourth-order valence-corrected chi connectivity index (χ4v) is 2.73. The van der Waals surface area contributed by atoms with E-state index in [9.17, 15) is 4.79 Å². The zero-order valence-electron chi connectivity index (χ0n) is 13.6. The molecule has 0 aliphatic carbocycles. The van der Waals surface area contributed by atoms with Crippen LogP contribution < -0.4 is 5.32 Å². The second-order valence-corrected chi connectivity index (χ2v) is 7.53. The van der Waals surface area contributed by atoms with Gasteiger partial charge >= 0.3 is 0 Å². The van der Waals surface area contributed by atoms with Crippen molar-refractivity contribution in [3.8, 4) is 0 Å². The van der Waals surface area contributed by atoms with Gasteiger partial charge in [-0.1, -0.05) is 50.6 Å². The normalized spacial score (nSPS) is 11.3. The monoisotopic (exact) mass is 313 g/mol. The first-order chi connectivity index (χ1) is 10.3. The third-order valence-electron chi connectivity index (χ3n) is 3.43. The number of thioether (sulfide) groups is 1. The maximum Gasteiger partial charge on any atom is 0.234 e. The van der Waals surface area contributed by atoms with Gasteiger partial charge in [0.15, 0.2) is 0 Å². The van der Waals surface area contributed by atoms with Gasteiger partial charge in [-0.25, -0.2) is 0 Å². The summed E-state index contributed by atoms with van der Waals surface area (Å²) in [5.74, 6) is 0.443. The number of rotatable bonds is 4. The van der Waals surface area contributed by atoms with Crippen LogP contribution in [-0.4, -0.2) is 11.7 Å². The summed E-state index contributed by atoms with van der Waals surface area (Å²) in [5.41, 5.74) is 3.47. The standard InChI is InChI=1S/C19H23NOS/c1-14-5-11-17(12-6-14)22-13-18(21)20-16-9-7-15(8-10-16)19(2,3)4/h5-12H,13H2,1-4H3,(H,20,21). The highest BCUT2D eigenvalue weighted by Gasteiger charge is 2.13. The molecule has 0 saturated carbocycles. The van der Waals surface area contributed by atoms with Gasteiger partial charge in [-0.05, 0) is 42.2 Å². The molecule has 0 heterocycles. The maximum absolute atomic E-state index is 12.0. The molecule has 116 valence electrons. The fourth-order valence-electron chi connectivity index (χ4n) is 2.03. The van der Waals surface area contributed by atoms with E-state index in [1.54, 1.807) is 11.8 Å². The Morgan fingerprint density at radius 3 is 2.14 bits per heavy atom. The lowest BCUT2D eigenvalue weighted by Crippen LogP contribution is -2.15. The summed E-state index contributed by atoms with van der Waals surface area (Å²) < 4.78 is 0. The first-order valence-electron chi connectivity index (χ1n) is 7.44. The van der Waals surface area contributed by atoms with Gasteiger partial charge in [0.1, 0.15) is 0 Å². The van der Waals surface area contributed by atoms with Crippen molar-refractivity contribution in [1.29, 1.82) is 0 Å². The van der Waals surface area contributed by atoms with Gasteiger partial charge in [0.2, 0.25) is 5.91 Å². The summed E-state index contributed by atoms with van der Waals surface area (Å²) in [6.07, 6.45) is 0. The summed E-state index contributed by atoms with van der Waals surface area (Å²) >= 11 is 1.55. The Hall–Kier alpha value is -1.74. The minimum Gasteiger partial charge on any atom is -0.325 e. The van der Waals surface area contributed by atoms with Gasteiger partial charge in [-0.15, -0.1) is 11.8 Å². The zero-order chi connectivity index (χ0) is 16.2. The van der Waals surface area contributed by atoms with Crippen LogP contribution in [0.25, 0.3) is 0 Å².